The third kappa shape index (κ3) is 3.19. The van der Waals surface area contributed by atoms with Crippen LogP contribution in [0.15, 0.2) is 24.3 Å². The van der Waals surface area contributed by atoms with E-state index < -0.39 is 0 Å². The molecule has 1 fully saturated rings. The van der Waals surface area contributed by atoms with Gasteiger partial charge in [-0.05, 0) is 24.1 Å². The topological polar surface area (TPSA) is 37.4 Å². The zero-order chi connectivity index (χ0) is 14.0. The largest absolute Gasteiger partial charge is 0.335 e. The van der Waals surface area contributed by atoms with Gasteiger partial charge in [-0.2, -0.15) is 0 Å². The number of carbonyl (C=O) groups excluding carboxylic acids is 2. The Morgan fingerprint density at radius 2 is 2.16 bits per heavy atom. The number of nitrogens with zero attached hydrogens (tertiary/aromatic N) is 1. The first-order chi connectivity index (χ1) is 8.88. The number of rotatable bonds is 2. The van der Waals surface area contributed by atoms with Crippen LogP contribution in [0.2, 0.25) is 0 Å². The minimum atomic E-state index is -0.346. The second-order valence-corrected chi connectivity index (χ2v) is 5.68. The van der Waals surface area contributed by atoms with Gasteiger partial charge < -0.3 is 4.90 Å². The molecular weight excluding hydrogens is 245 g/mol. The van der Waals surface area contributed by atoms with Crippen LogP contribution in [0.5, 0.6) is 0 Å². The summed E-state index contributed by atoms with van der Waals surface area (Å²) in [6.45, 7) is 4.57. The van der Waals surface area contributed by atoms with Crippen LogP contribution in [0, 0.1) is 11.2 Å². The molecule has 1 aromatic carbocycles. The molecule has 19 heavy (non-hydrogen) atoms. The molecule has 0 N–H and O–H groups in total. The quantitative estimate of drug-likeness (QED) is 0.820. The Kier molecular flexibility index (Phi) is 3.69. The number of piperidine rings is 1. The SMILES string of the molecule is CC1(C)CCN(C(=O)Cc2cccc(F)c2)CC1=O. The van der Waals surface area contributed by atoms with Gasteiger partial charge in [-0.25, -0.2) is 4.39 Å². The van der Waals surface area contributed by atoms with Crippen LogP contribution in [-0.4, -0.2) is 29.7 Å². The summed E-state index contributed by atoms with van der Waals surface area (Å²) >= 11 is 0. The van der Waals surface area contributed by atoms with E-state index in [1.54, 1.807) is 17.0 Å². The van der Waals surface area contributed by atoms with E-state index in [4.69, 9.17) is 0 Å². The number of benzene rings is 1. The minimum absolute atomic E-state index is 0.0892. The molecule has 2 rings (SSSR count). The molecule has 1 saturated heterocycles. The zero-order valence-electron chi connectivity index (χ0n) is 11.3. The first kappa shape index (κ1) is 13.7. The predicted molar refractivity (Wildman–Crippen MR) is 70.1 cm³/mol. The molecule has 0 bridgehead atoms. The summed E-state index contributed by atoms with van der Waals surface area (Å²) in [5.74, 6) is -0.373. The number of hydrogen-bond acceptors (Lipinski definition) is 2. The lowest BCUT2D eigenvalue weighted by Crippen LogP contribution is -2.48. The number of hydrogen-bond donors (Lipinski definition) is 0. The molecule has 1 aliphatic rings. The molecule has 0 unspecified atom stereocenters. The normalized spacial score (nSPS) is 18.5. The predicted octanol–water partition coefficient (Wildman–Crippen LogP) is 2.20. The molecule has 0 spiro atoms. The van der Waals surface area contributed by atoms with Crippen molar-refractivity contribution in [2.75, 3.05) is 13.1 Å². The Morgan fingerprint density at radius 3 is 2.79 bits per heavy atom. The van der Waals surface area contributed by atoms with Crippen molar-refractivity contribution in [3.8, 4) is 0 Å². The van der Waals surface area contributed by atoms with Crippen molar-refractivity contribution in [3.05, 3.63) is 35.6 Å². The Hall–Kier alpha value is -1.71. The van der Waals surface area contributed by atoms with Gasteiger partial charge >= 0.3 is 0 Å². The average molecular weight is 263 g/mol. The number of amides is 1. The Labute approximate surface area is 112 Å². The van der Waals surface area contributed by atoms with Crippen LogP contribution in [-0.2, 0) is 16.0 Å². The third-order valence-corrected chi connectivity index (χ3v) is 3.69. The zero-order valence-corrected chi connectivity index (χ0v) is 11.3. The molecule has 0 radical (unpaired) electrons. The number of Topliss-reactive ketones (excluding diaryl/α,β-unsaturated/α-hetero) is 1. The number of ketones is 1. The van der Waals surface area contributed by atoms with Gasteiger partial charge in [0.15, 0.2) is 5.78 Å². The van der Waals surface area contributed by atoms with E-state index in [1.165, 1.54) is 12.1 Å². The van der Waals surface area contributed by atoms with Crippen LogP contribution < -0.4 is 0 Å². The first-order valence-corrected chi connectivity index (χ1v) is 6.44. The van der Waals surface area contributed by atoms with Crippen molar-refractivity contribution in [3.63, 3.8) is 0 Å². The van der Waals surface area contributed by atoms with Gasteiger partial charge in [0.25, 0.3) is 0 Å². The highest BCUT2D eigenvalue weighted by atomic mass is 19.1. The summed E-state index contributed by atoms with van der Waals surface area (Å²) in [4.78, 5) is 25.5. The van der Waals surface area contributed by atoms with E-state index in [2.05, 4.69) is 0 Å². The second-order valence-electron chi connectivity index (χ2n) is 5.68. The Morgan fingerprint density at radius 1 is 1.42 bits per heavy atom. The average Bonchev–Trinajstić information content (AvgIpc) is 2.32. The summed E-state index contributed by atoms with van der Waals surface area (Å²) in [6.07, 6.45) is 0.826. The van der Waals surface area contributed by atoms with E-state index in [0.717, 1.165) is 0 Å². The number of halogens is 1. The standard InChI is InChI=1S/C15H18FNO2/c1-15(2)6-7-17(10-13(15)18)14(19)9-11-4-3-5-12(16)8-11/h3-5,8H,6-7,9-10H2,1-2H3. The lowest BCUT2D eigenvalue weighted by Gasteiger charge is -2.35. The lowest BCUT2D eigenvalue weighted by atomic mass is 9.81. The van der Waals surface area contributed by atoms with Gasteiger partial charge in [-0.15, -0.1) is 0 Å². The van der Waals surface area contributed by atoms with Gasteiger partial charge in [-0.1, -0.05) is 26.0 Å². The highest BCUT2D eigenvalue weighted by molar-refractivity contribution is 5.91. The molecular formula is C15H18FNO2. The van der Waals surface area contributed by atoms with Gasteiger partial charge in [0.2, 0.25) is 5.91 Å². The van der Waals surface area contributed by atoms with Crippen molar-refractivity contribution in [1.82, 2.24) is 4.90 Å². The van der Waals surface area contributed by atoms with Gasteiger partial charge in [0.1, 0.15) is 5.82 Å². The summed E-state index contributed by atoms with van der Waals surface area (Å²) in [5, 5.41) is 0. The van der Waals surface area contributed by atoms with E-state index in [1.807, 2.05) is 13.8 Å². The molecule has 1 aliphatic heterocycles. The van der Waals surface area contributed by atoms with Gasteiger partial charge in [-0.3, -0.25) is 9.59 Å². The van der Waals surface area contributed by atoms with Crippen molar-refractivity contribution in [2.45, 2.75) is 26.7 Å². The molecule has 3 nitrogen and oxygen atoms in total. The fourth-order valence-electron chi connectivity index (χ4n) is 2.17. The maximum Gasteiger partial charge on any atom is 0.227 e. The summed E-state index contributed by atoms with van der Waals surface area (Å²) in [6, 6.07) is 6.01. The summed E-state index contributed by atoms with van der Waals surface area (Å²) in [5.41, 5.74) is 0.303. The van der Waals surface area contributed by atoms with Crippen LogP contribution >= 0.6 is 0 Å². The maximum absolute atomic E-state index is 13.0. The second kappa shape index (κ2) is 5.11. The van der Waals surface area contributed by atoms with Crippen LogP contribution in [0.25, 0.3) is 0 Å². The molecule has 1 heterocycles. The Bertz CT molecular complexity index is 511. The Balaban J connectivity index is 2.00. The van der Waals surface area contributed by atoms with E-state index in [-0.39, 0.29) is 35.9 Å². The molecule has 1 amide bonds. The molecule has 0 aromatic heterocycles. The van der Waals surface area contributed by atoms with Crippen molar-refractivity contribution < 1.29 is 14.0 Å². The molecule has 1 aromatic rings. The highest BCUT2D eigenvalue weighted by Gasteiger charge is 2.35. The van der Waals surface area contributed by atoms with Crippen LogP contribution in [0.3, 0.4) is 0 Å². The first-order valence-electron chi connectivity index (χ1n) is 6.44. The molecule has 4 heteroatoms. The fraction of sp³-hybridized carbons (Fsp3) is 0.467. The smallest absolute Gasteiger partial charge is 0.227 e. The van der Waals surface area contributed by atoms with Crippen molar-refractivity contribution in [2.24, 2.45) is 5.41 Å². The lowest BCUT2D eigenvalue weighted by molar-refractivity contribution is -0.142. The van der Waals surface area contributed by atoms with Crippen molar-refractivity contribution in [1.29, 1.82) is 0 Å². The fourth-order valence-corrected chi connectivity index (χ4v) is 2.17. The minimum Gasteiger partial charge on any atom is -0.335 e. The summed E-state index contributed by atoms with van der Waals surface area (Å²) < 4.78 is 13.0. The van der Waals surface area contributed by atoms with E-state index in [0.29, 0.717) is 18.5 Å². The highest BCUT2D eigenvalue weighted by Crippen LogP contribution is 2.27. The number of likely N-dealkylation sites (tertiary alicyclic amines) is 1. The molecule has 0 aliphatic carbocycles. The van der Waals surface area contributed by atoms with E-state index >= 15 is 0 Å². The third-order valence-electron chi connectivity index (χ3n) is 3.69. The number of carbonyl (C=O) groups is 2. The van der Waals surface area contributed by atoms with Crippen molar-refractivity contribution >= 4 is 11.7 Å². The van der Waals surface area contributed by atoms with Gasteiger partial charge in [0.05, 0.1) is 13.0 Å². The monoisotopic (exact) mass is 263 g/mol. The molecule has 0 saturated carbocycles. The van der Waals surface area contributed by atoms with Crippen LogP contribution in [0.4, 0.5) is 4.39 Å². The van der Waals surface area contributed by atoms with Gasteiger partial charge in [0, 0.05) is 12.0 Å². The summed E-state index contributed by atoms with van der Waals surface area (Å²) in [7, 11) is 0. The molecule has 102 valence electrons. The maximum atomic E-state index is 13.0. The van der Waals surface area contributed by atoms with E-state index in [9.17, 15) is 14.0 Å². The van der Waals surface area contributed by atoms with Crippen LogP contribution in [0.1, 0.15) is 25.8 Å². The molecule has 0 atom stereocenters.